The van der Waals surface area contributed by atoms with Crippen molar-refractivity contribution in [3.05, 3.63) is 33.8 Å². The van der Waals surface area contributed by atoms with Gasteiger partial charge in [0.25, 0.3) is 0 Å². The van der Waals surface area contributed by atoms with Gasteiger partial charge in [-0.15, -0.1) is 0 Å². The zero-order chi connectivity index (χ0) is 12.6. The molecular weight excluding hydrogens is 257 g/mol. The molecule has 1 unspecified atom stereocenters. The minimum Gasteiger partial charge on any atom is -0.370 e. The molecule has 1 aliphatic rings. The first kappa shape index (κ1) is 12.5. The summed E-state index contributed by atoms with van der Waals surface area (Å²) in [6.45, 7) is 4.75. The lowest BCUT2D eigenvalue weighted by Crippen LogP contribution is -2.41. The molecule has 17 heavy (non-hydrogen) atoms. The lowest BCUT2D eigenvalue weighted by atomic mass is 10.0. The van der Waals surface area contributed by atoms with Crippen LogP contribution in [0.2, 0.25) is 10.0 Å². The Morgan fingerprint density at radius 2 is 1.94 bits per heavy atom. The number of hydrogen-bond acceptors (Lipinski definition) is 3. The smallest absolute Gasteiger partial charge is 0.192 e. The van der Waals surface area contributed by atoms with E-state index in [1.54, 1.807) is 0 Å². The molecule has 1 heterocycles. The van der Waals surface area contributed by atoms with Crippen LogP contribution in [0.1, 0.15) is 25.5 Å². The highest BCUT2D eigenvalue weighted by Gasteiger charge is 2.32. The summed E-state index contributed by atoms with van der Waals surface area (Å²) in [5.41, 5.74) is 6.81. The number of nitrogens with two attached hydrogens (primary N) is 1. The van der Waals surface area contributed by atoms with Gasteiger partial charge in [-0.2, -0.15) is 0 Å². The molecule has 2 rings (SSSR count). The lowest BCUT2D eigenvalue weighted by Gasteiger charge is -2.31. The average molecular weight is 272 g/mol. The molecule has 2 N–H and O–H groups in total. The van der Waals surface area contributed by atoms with Gasteiger partial charge < -0.3 is 10.6 Å². The van der Waals surface area contributed by atoms with Crippen molar-refractivity contribution in [2.24, 2.45) is 10.7 Å². The molecule has 1 aromatic carbocycles. The van der Waals surface area contributed by atoms with E-state index < -0.39 is 0 Å². The Balaban J connectivity index is 2.41. The van der Waals surface area contributed by atoms with Gasteiger partial charge in [0.2, 0.25) is 0 Å². The van der Waals surface area contributed by atoms with Crippen molar-refractivity contribution in [2.45, 2.75) is 25.9 Å². The molecule has 0 saturated heterocycles. The third-order valence-electron chi connectivity index (χ3n) is 2.92. The Hall–Kier alpha value is -0.930. The molecule has 0 amide bonds. The van der Waals surface area contributed by atoms with Gasteiger partial charge in [-0.1, -0.05) is 29.3 Å². The Morgan fingerprint density at radius 3 is 2.47 bits per heavy atom. The molecule has 92 valence electrons. The summed E-state index contributed by atoms with van der Waals surface area (Å²) in [6.07, 6.45) is 0. The van der Waals surface area contributed by atoms with E-state index in [1.807, 2.05) is 23.1 Å². The first-order valence-corrected chi connectivity index (χ1v) is 6.30. The maximum atomic E-state index is 6.22. The van der Waals surface area contributed by atoms with Crippen molar-refractivity contribution < 1.29 is 0 Å². The predicted octanol–water partition coefficient (Wildman–Crippen LogP) is 3.07. The van der Waals surface area contributed by atoms with E-state index in [9.17, 15) is 0 Å². The van der Waals surface area contributed by atoms with Gasteiger partial charge >= 0.3 is 0 Å². The number of hydrogen-bond donors (Lipinski definition) is 1. The second kappa shape index (κ2) is 4.75. The molecule has 0 aromatic heterocycles. The average Bonchev–Trinajstić information content (AvgIpc) is 2.60. The van der Waals surface area contributed by atoms with Crippen LogP contribution in [0.3, 0.4) is 0 Å². The third-order valence-corrected chi connectivity index (χ3v) is 3.57. The van der Waals surface area contributed by atoms with Gasteiger partial charge in [0.15, 0.2) is 5.96 Å². The minimum atomic E-state index is 0.0381. The second-order valence-electron chi connectivity index (χ2n) is 4.35. The molecule has 0 bridgehead atoms. The first-order chi connectivity index (χ1) is 8.02. The molecule has 1 aliphatic heterocycles. The highest BCUT2D eigenvalue weighted by molar-refractivity contribution is 6.36. The Kier molecular flexibility index (Phi) is 3.50. The number of aliphatic imine (C=N–C) groups is 1. The minimum absolute atomic E-state index is 0.0381. The normalized spacial score (nSPS) is 19.9. The topological polar surface area (TPSA) is 41.6 Å². The summed E-state index contributed by atoms with van der Waals surface area (Å²) in [6, 6.07) is 5.83. The van der Waals surface area contributed by atoms with E-state index >= 15 is 0 Å². The summed E-state index contributed by atoms with van der Waals surface area (Å²) in [7, 11) is 0. The van der Waals surface area contributed by atoms with Crippen molar-refractivity contribution in [1.29, 1.82) is 0 Å². The monoisotopic (exact) mass is 271 g/mol. The molecule has 1 aromatic rings. The molecule has 5 heteroatoms. The molecule has 1 atom stereocenters. The van der Waals surface area contributed by atoms with Gasteiger partial charge in [-0.25, -0.2) is 0 Å². The molecule has 3 nitrogen and oxygen atoms in total. The zero-order valence-corrected chi connectivity index (χ0v) is 11.3. The van der Waals surface area contributed by atoms with Crippen molar-refractivity contribution in [2.75, 3.05) is 6.54 Å². The Bertz CT molecular complexity index is 437. The zero-order valence-electron chi connectivity index (χ0n) is 9.82. The summed E-state index contributed by atoms with van der Waals surface area (Å²) in [5.74, 6) is 0.556. The summed E-state index contributed by atoms with van der Waals surface area (Å²) in [4.78, 5) is 6.33. The highest BCUT2D eigenvalue weighted by atomic mass is 35.5. The van der Waals surface area contributed by atoms with Gasteiger partial charge in [0, 0.05) is 21.7 Å². The van der Waals surface area contributed by atoms with Crippen LogP contribution in [0, 0.1) is 0 Å². The largest absolute Gasteiger partial charge is 0.370 e. The quantitative estimate of drug-likeness (QED) is 0.898. The van der Waals surface area contributed by atoms with Crippen LogP contribution in [0.4, 0.5) is 0 Å². The maximum absolute atomic E-state index is 6.22. The van der Waals surface area contributed by atoms with E-state index in [2.05, 4.69) is 18.8 Å². The van der Waals surface area contributed by atoms with E-state index in [0.717, 1.165) is 5.56 Å². The third kappa shape index (κ3) is 2.22. The SMILES string of the molecule is CC(C)N1C(N)=NCC1c1c(Cl)cccc1Cl. The fourth-order valence-electron chi connectivity index (χ4n) is 2.19. The van der Waals surface area contributed by atoms with Gasteiger partial charge in [-0.05, 0) is 26.0 Å². The number of benzene rings is 1. The summed E-state index contributed by atoms with van der Waals surface area (Å²) >= 11 is 12.4. The van der Waals surface area contributed by atoms with Crippen molar-refractivity contribution in [1.82, 2.24) is 4.90 Å². The van der Waals surface area contributed by atoms with Gasteiger partial charge in [-0.3, -0.25) is 4.99 Å². The van der Waals surface area contributed by atoms with E-state index in [4.69, 9.17) is 28.9 Å². The van der Waals surface area contributed by atoms with Crippen molar-refractivity contribution in [3.8, 4) is 0 Å². The van der Waals surface area contributed by atoms with E-state index in [-0.39, 0.29) is 12.1 Å². The number of halogens is 2. The first-order valence-electron chi connectivity index (χ1n) is 5.54. The van der Waals surface area contributed by atoms with Gasteiger partial charge in [0.1, 0.15) is 0 Å². The lowest BCUT2D eigenvalue weighted by molar-refractivity contribution is 0.290. The second-order valence-corrected chi connectivity index (χ2v) is 5.17. The van der Waals surface area contributed by atoms with Crippen LogP contribution in [0.5, 0.6) is 0 Å². The molecule has 0 fully saturated rings. The van der Waals surface area contributed by atoms with Crippen LogP contribution in [-0.2, 0) is 0 Å². The highest BCUT2D eigenvalue weighted by Crippen LogP contribution is 2.36. The Labute approximate surface area is 111 Å². The fraction of sp³-hybridized carbons (Fsp3) is 0.417. The van der Waals surface area contributed by atoms with Crippen LogP contribution < -0.4 is 5.73 Å². The van der Waals surface area contributed by atoms with E-state index in [0.29, 0.717) is 22.5 Å². The molecule has 0 spiro atoms. The summed E-state index contributed by atoms with van der Waals surface area (Å²) < 4.78 is 0. The fourth-order valence-corrected chi connectivity index (χ4v) is 2.84. The number of guanidine groups is 1. The Morgan fingerprint density at radius 1 is 1.35 bits per heavy atom. The van der Waals surface area contributed by atoms with Gasteiger partial charge in [0.05, 0.1) is 12.6 Å². The standard InChI is InChI=1S/C12H15Cl2N3/c1-7(2)17-10(6-16-12(17)15)11-8(13)4-3-5-9(11)14/h3-5,7,10H,6H2,1-2H3,(H2,15,16). The maximum Gasteiger partial charge on any atom is 0.192 e. The van der Waals surface area contributed by atoms with Crippen molar-refractivity contribution >= 4 is 29.2 Å². The van der Waals surface area contributed by atoms with Crippen LogP contribution in [0.25, 0.3) is 0 Å². The van der Waals surface area contributed by atoms with E-state index in [1.165, 1.54) is 0 Å². The molecule has 0 aliphatic carbocycles. The molecule has 0 radical (unpaired) electrons. The number of nitrogens with zero attached hydrogens (tertiary/aromatic N) is 2. The molecular formula is C12H15Cl2N3. The van der Waals surface area contributed by atoms with Crippen LogP contribution >= 0.6 is 23.2 Å². The summed E-state index contributed by atoms with van der Waals surface area (Å²) in [5, 5.41) is 1.33. The predicted molar refractivity (Wildman–Crippen MR) is 72.7 cm³/mol. The van der Waals surface area contributed by atoms with Crippen molar-refractivity contribution in [3.63, 3.8) is 0 Å². The molecule has 0 saturated carbocycles. The van der Waals surface area contributed by atoms with Crippen LogP contribution in [-0.4, -0.2) is 23.4 Å². The number of rotatable bonds is 2. The van der Waals surface area contributed by atoms with Crippen LogP contribution in [0.15, 0.2) is 23.2 Å².